The summed E-state index contributed by atoms with van der Waals surface area (Å²) >= 11 is 1.97. The third kappa shape index (κ3) is 9.00. The van der Waals surface area contributed by atoms with Gasteiger partial charge < -0.3 is 19.7 Å². The van der Waals surface area contributed by atoms with Crippen LogP contribution in [0, 0.1) is 5.92 Å². The number of guanidine groups is 1. The lowest BCUT2D eigenvalue weighted by Crippen LogP contribution is -2.40. The number of unbranched alkanes of at least 4 members (excludes halogenated alkanes) is 1. The fourth-order valence-electron chi connectivity index (χ4n) is 3.06. The molecule has 1 aromatic carbocycles. The van der Waals surface area contributed by atoms with E-state index in [9.17, 15) is 0 Å². The molecule has 0 spiro atoms. The number of rotatable bonds is 12. The van der Waals surface area contributed by atoms with Gasteiger partial charge in [-0.25, -0.2) is 0 Å². The first-order chi connectivity index (χ1) is 13.3. The zero-order chi connectivity index (χ0) is 19.2. The third-order valence-corrected chi connectivity index (χ3v) is 5.78. The fourth-order valence-corrected chi connectivity index (χ4v) is 4.11. The Morgan fingerprint density at radius 2 is 2.07 bits per heavy atom. The molecule has 1 unspecified atom stereocenters. The Hall–Kier alpha value is -1.24. The van der Waals surface area contributed by atoms with E-state index in [1.165, 1.54) is 17.1 Å². The summed E-state index contributed by atoms with van der Waals surface area (Å²) in [4.78, 5) is 8.62. The second-order valence-electron chi connectivity index (χ2n) is 6.77. The SMILES string of the molecule is CCNC(=NCCCCOCCOC)N1CCC(CSc2ccccc2)C1. The van der Waals surface area contributed by atoms with Gasteiger partial charge in [-0.05, 0) is 44.2 Å². The largest absolute Gasteiger partial charge is 0.382 e. The maximum absolute atomic E-state index is 5.50. The van der Waals surface area contributed by atoms with Crippen molar-refractivity contribution in [3.63, 3.8) is 0 Å². The lowest BCUT2D eigenvalue weighted by Gasteiger charge is -2.21. The molecule has 1 heterocycles. The molecule has 1 fully saturated rings. The molecule has 152 valence electrons. The summed E-state index contributed by atoms with van der Waals surface area (Å²) in [6.07, 6.45) is 3.35. The minimum absolute atomic E-state index is 0.668. The number of hydrogen-bond acceptors (Lipinski definition) is 4. The van der Waals surface area contributed by atoms with Crippen LogP contribution in [-0.4, -0.2) is 69.7 Å². The van der Waals surface area contributed by atoms with Crippen LogP contribution in [-0.2, 0) is 9.47 Å². The Bertz CT molecular complexity index is 527. The number of hydrogen-bond donors (Lipinski definition) is 1. The summed E-state index contributed by atoms with van der Waals surface area (Å²) in [5.74, 6) is 2.98. The lowest BCUT2D eigenvalue weighted by molar-refractivity contribution is 0.0690. The first-order valence-corrected chi connectivity index (χ1v) is 11.1. The molecule has 0 amide bonds. The first kappa shape index (κ1) is 22.1. The van der Waals surface area contributed by atoms with Gasteiger partial charge in [0.15, 0.2) is 5.96 Å². The van der Waals surface area contributed by atoms with Gasteiger partial charge in [-0.1, -0.05) is 18.2 Å². The van der Waals surface area contributed by atoms with E-state index >= 15 is 0 Å². The second-order valence-corrected chi connectivity index (χ2v) is 7.87. The van der Waals surface area contributed by atoms with Crippen molar-refractivity contribution in [2.24, 2.45) is 10.9 Å². The minimum Gasteiger partial charge on any atom is -0.382 e. The Labute approximate surface area is 168 Å². The molecule has 1 aliphatic heterocycles. The molecule has 0 saturated carbocycles. The number of thioether (sulfide) groups is 1. The van der Waals surface area contributed by atoms with Crippen LogP contribution in [0.5, 0.6) is 0 Å². The van der Waals surface area contributed by atoms with Gasteiger partial charge >= 0.3 is 0 Å². The van der Waals surface area contributed by atoms with Crippen molar-refractivity contribution in [3.05, 3.63) is 30.3 Å². The van der Waals surface area contributed by atoms with Crippen molar-refractivity contribution in [2.75, 3.05) is 58.9 Å². The van der Waals surface area contributed by atoms with Crippen molar-refractivity contribution >= 4 is 17.7 Å². The van der Waals surface area contributed by atoms with Gasteiger partial charge in [-0.2, -0.15) is 0 Å². The van der Waals surface area contributed by atoms with E-state index in [-0.39, 0.29) is 0 Å². The molecule has 1 N–H and O–H groups in total. The van der Waals surface area contributed by atoms with Crippen LogP contribution in [0.2, 0.25) is 0 Å². The predicted molar refractivity (Wildman–Crippen MR) is 115 cm³/mol. The van der Waals surface area contributed by atoms with Crippen LogP contribution in [0.3, 0.4) is 0 Å². The van der Waals surface area contributed by atoms with Gasteiger partial charge in [0.05, 0.1) is 13.2 Å². The molecular formula is C21H35N3O2S. The van der Waals surface area contributed by atoms with Gasteiger partial charge in [0.1, 0.15) is 0 Å². The van der Waals surface area contributed by atoms with Crippen LogP contribution in [0.1, 0.15) is 26.2 Å². The number of nitrogens with zero attached hydrogens (tertiary/aromatic N) is 2. The standard InChI is InChI=1S/C21H35N3O2S/c1-3-22-21(23-12-7-8-14-26-16-15-25-2)24-13-11-19(17-24)18-27-20-9-5-4-6-10-20/h4-6,9-10,19H,3,7-8,11-18H2,1-2H3,(H,22,23). The van der Waals surface area contributed by atoms with Crippen molar-refractivity contribution in [1.29, 1.82) is 0 Å². The molecule has 5 nitrogen and oxygen atoms in total. The average molecular weight is 394 g/mol. The smallest absolute Gasteiger partial charge is 0.193 e. The molecule has 1 aromatic rings. The molecule has 6 heteroatoms. The number of benzene rings is 1. The van der Waals surface area contributed by atoms with E-state index in [1.54, 1.807) is 7.11 Å². The number of ether oxygens (including phenoxy) is 2. The highest BCUT2D eigenvalue weighted by atomic mass is 32.2. The molecule has 1 saturated heterocycles. The highest BCUT2D eigenvalue weighted by Crippen LogP contribution is 2.25. The highest BCUT2D eigenvalue weighted by molar-refractivity contribution is 7.99. The molecule has 1 atom stereocenters. The van der Waals surface area contributed by atoms with E-state index in [1.807, 2.05) is 11.8 Å². The molecule has 27 heavy (non-hydrogen) atoms. The number of likely N-dealkylation sites (tertiary alicyclic amines) is 1. The Morgan fingerprint density at radius 1 is 1.22 bits per heavy atom. The molecule has 0 aliphatic carbocycles. The minimum atomic E-state index is 0.668. The molecule has 0 radical (unpaired) electrons. The molecule has 0 aromatic heterocycles. The maximum Gasteiger partial charge on any atom is 0.193 e. The summed E-state index contributed by atoms with van der Waals surface area (Å²) in [6.45, 7) is 8.25. The maximum atomic E-state index is 5.50. The quantitative estimate of drug-likeness (QED) is 0.255. The van der Waals surface area contributed by atoms with Crippen LogP contribution >= 0.6 is 11.8 Å². The molecule has 2 rings (SSSR count). The molecule has 0 bridgehead atoms. The van der Waals surface area contributed by atoms with E-state index in [4.69, 9.17) is 14.5 Å². The third-order valence-electron chi connectivity index (χ3n) is 4.54. The van der Waals surface area contributed by atoms with E-state index < -0.39 is 0 Å². The van der Waals surface area contributed by atoms with Gasteiger partial charge in [-0.15, -0.1) is 11.8 Å². The topological polar surface area (TPSA) is 46.1 Å². The van der Waals surface area contributed by atoms with E-state index in [2.05, 4.69) is 47.5 Å². The summed E-state index contributed by atoms with van der Waals surface area (Å²) < 4.78 is 10.5. The van der Waals surface area contributed by atoms with Crippen LogP contribution in [0.15, 0.2) is 40.2 Å². The highest BCUT2D eigenvalue weighted by Gasteiger charge is 2.24. The van der Waals surface area contributed by atoms with Gasteiger partial charge in [0.2, 0.25) is 0 Å². The van der Waals surface area contributed by atoms with Gasteiger partial charge in [-0.3, -0.25) is 4.99 Å². The van der Waals surface area contributed by atoms with E-state index in [0.717, 1.165) is 57.5 Å². The normalized spacial score (nSPS) is 17.5. The van der Waals surface area contributed by atoms with Crippen molar-refractivity contribution < 1.29 is 9.47 Å². The first-order valence-electron chi connectivity index (χ1n) is 10.1. The van der Waals surface area contributed by atoms with Crippen LogP contribution in [0.4, 0.5) is 0 Å². The number of aliphatic imine (C=N–C) groups is 1. The van der Waals surface area contributed by atoms with Crippen LogP contribution in [0.25, 0.3) is 0 Å². The number of methoxy groups -OCH3 is 1. The summed E-state index contributed by atoms with van der Waals surface area (Å²) in [5, 5.41) is 3.46. The molecule has 1 aliphatic rings. The Balaban J connectivity index is 1.67. The second kappa shape index (κ2) is 13.9. The summed E-state index contributed by atoms with van der Waals surface area (Å²) in [7, 11) is 1.70. The van der Waals surface area contributed by atoms with Gasteiger partial charge in [0, 0.05) is 50.5 Å². The Kier molecular flexibility index (Phi) is 11.3. The monoisotopic (exact) mass is 393 g/mol. The average Bonchev–Trinajstić information content (AvgIpc) is 3.17. The zero-order valence-electron chi connectivity index (χ0n) is 16.9. The lowest BCUT2D eigenvalue weighted by atomic mass is 10.2. The summed E-state index contributed by atoms with van der Waals surface area (Å²) in [6, 6.07) is 10.7. The molecular weight excluding hydrogens is 358 g/mol. The Morgan fingerprint density at radius 3 is 2.85 bits per heavy atom. The van der Waals surface area contributed by atoms with Gasteiger partial charge in [0.25, 0.3) is 0 Å². The summed E-state index contributed by atoms with van der Waals surface area (Å²) in [5.41, 5.74) is 0. The van der Waals surface area contributed by atoms with Crippen molar-refractivity contribution in [1.82, 2.24) is 10.2 Å². The van der Waals surface area contributed by atoms with Crippen molar-refractivity contribution in [3.8, 4) is 0 Å². The zero-order valence-corrected chi connectivity index (χ0v) is 17.7. The fraction of sp³-hybridized carbons (Fsp3) is 0.667. The predicted octanol–water partition coefficient (Wildman–Crippen LogP) is 3.51. The van der Waals surface area contributed by atoms with E-state index in [0.29, 0.717) is 13.2 Å². The number of nitrogens with one attached hydrogen (secondary N) is 1. The van der Waals surface area contributed by atoms with Crippen LogP contribution < -0.4 is 5.32 Å². The van der Waals surface area contributed by atoms with Crippen molar-refractivity contribution in [2.45, 2.75) is 31.1 Å².